The number of methoxy groups -OCH3 is 1. The van der Waals surface area contributed by atoms with E-state index in [-0.39, 0.29) is 6.04 Å². The molecule has 2 aliphatic rings. The Bertz CT molecular complexity index is 727. The monoisotopic (exact) mass is 320 g/mol. The molecule has 1 aliphatic carbocycles. The van der Waals surface area contributed by atoms with Gasteiger partial charge in [0.25, 0.3) is 10.0 Å². The van der Waals surface area contributed by atoms with Crippen LogP contribution in [0.1, 0.15) is 38.2 Å². The topological polar surface area (TPSA) is 67.8 Å². The summed E-state index contributed by atoms with van der Waals surface area (Å²) >= 11 is 0. The van der Waals surface area contributed by atoms with E-state index in [1.807, 2.05) is 6.92 Å². The zero-order valence-corrected chi connectivity index (χ0v) is 13.6. The van der Waals surface area contributed by atoms with Crippen LogP contribution in [0.4, 0.5) is 0 Å². The van der Waals surface area contributed by atoms with Crippen LogP contribution < -0.4 is 9.46 Å². The SMILES string of the molecule is COc1ccc(C2=C(C)C(=NC3CCCC3)NS2(=O)=O)cc1. The molecule has 0 spiro atoms. The van der Waals surface area contributed by atoms with Gasteiger partial charge in [-0.25, -0.2) is 8.42 Å². The second-order valence-corrected chi connectivity index (χ2v) is 7.32. The number of ether oxygens (including phenoxy) is 1. The summed E-state index contributed by atoms with van der Waals surface area (Å²) in [5.41, 5.74) is 1.35. The summed E-state index contributed by atoms with van der Waals surface area (Å²) in [6.07, 6.45) is 4.41. The summed E-state index contributed by atoms with van der Waals surface area (Å²) in [6.45, 7) is 1.81. The molecule has 1 aliphatic heterocycles. The molecule has 1 aromatic carbocycles. The van der Waals surface area contributed by atoms with Gasteiger partial charge in [-0.3, -0.25) is 9.71 Å². The summed E-state index contributed by atoms with van der Waals surface area (Å²) < 4.78 is 32.6. The number of amidine groups is 1. The van der Waals surface area contributed by atoms with Gasteiger partial charge in [0.2, 0.25) is 0 Å². The predicted molar refractivity (Wildman–Crippen MR) is 87.3 cm³/mol. The van der Waals surface area contributed by atoms with Crippen LogP contribution in [0.3, 0.4) is 0 Å². The van der Waals surface area contributed by atoms with E-state index in [1.165, 1.54) is 12.8 Å². The third-order valence-electron chi connectivity index (χ3n) is 4.18. The zero-order chi connectivity index (χ0) is 15.7. The van der Waals surface area contributed by atoms with Crippen molar-refractivity contribution in [2.45, 2.75) is 38.6 Å². The predicted octanol–water partition coefficient (Wildman–Crippen LogP) is 2.70. The van der Waals surface area contributed by atoms with E-state index in [4.69, 9.17) is 4.74 Å². The van der Waals surface area contributed by atoms with Gasteiger partial charge in [0, 0.05) is 5.57 Å². The Balaban J connectivity index is 2.00. The first-order chi connectivity index (χ1) is 10.5. The van der Waals surface area contributed by atoms with Crippen molar-refractivity contribution >= 4 is 20.8 Å². The molecule has 3 rings (SSSR count). The number of hydrogen-bond donors (Lipinski definition) is 1. The van der Waals surface area contributed by atoms with Crippen molar-refractivity contribution in [2.24, 2.45) is 4.99 Å². The molecular weight excluding hydrogens is 300 g/mol. The number of benzene rings is 1. The Hall–Kier alpha value is -1.82. The van der Waals surface area contributed by atoms with E-state index in [2.05, 4.69) is 9.71 Å². The Labute approximate surface area is 131 Å². The van der Waals surface area contributed by atoms with Gasteiger partial charge in [0.1, 0.15) is 16.5 Å². The van der Waals surface area contributed by atoms with E-state index in [1.54, 1.807) is 31.4 Å². The van der Waals surface area contributed by atoms with Gasteiger partial charge < -0.3 is 4.74 Å². The maximum atomic E-state index is 12.4. The number of sulfonamides is 1. The second kappa shape index (κ2) is 5.76. The van der Waals surface area contributed by atoms with Crippen molar-refractivity contribution < 1.29 is 13.2 Å². The molecule has 6 heteroatoms. The van der Waals surface area contributed by atoms with Gasteiger partial charge in [-0.05, 0) is 49.6 Å². The van der Waals surface area contributed by atoms with Crippen molar-refractivity contribution in [2.75, 3.05) is 7.11 Å². The average molecular weight is 320 g/mol. The van der Waals surface area contributed by atoms with Crippen LogP contribution in [-0.2, 0) is 10.0 Å². The van der Waals surface area contributed by atoms with E-state index in [0.717, 1.165) is 12.8 Å². The van der Waals surface area contributed by atoms with Gasteiger partial charge in [-0.1, -0.05) is 12.8 Å². The number of rotatable bonds is 3. The van der Waals surface area contributed by atoms with Crippen molar-refractivity contribution in [3.05, 3.63) is 35.4 Å². The van der Waals surface area contributed by atoms with Gasteiger partial charge in [-0.15, -0.1) is 0 Å². The average Bonchev–Trinajstić information content (AvgIpc) is 3.07. The highest BCUT2D eigenvalue weighted by atomic mass is 32.2. The molecule has 0 amide bonds. The van der Waals surface area contributed by atoms with Gasteiger partial charge >= 0.3 is 0 Å². The molecule has 1 N–H and O–H groups in total. The van der Waals surface area contributed by atoms with Gasteiger partial charge in [0.05, 0.1) is 13.2 Å². The molecule has 1 heterocycles. The van der Waals surface area contributed by atoms with E-state index in [9.17, 15) is 8.42 Å². The van der Waals surface area contributed by atoms with E-state index < -0.39 is 10.0 Å². The van der Waals surface area contributed by atoms with Crippen LogP contribution in [0, 0.1) is 0 Å². The fourth-order valence-electron chi connectivity index (χ4n) is 3.02. The first-order valence-electron chi connectivity index (χ1n) is 7.47. The molecule has 1 saturated carbocycles. The van der Waals surface area contributed by atoms with Crippen molar-refractivity contribution in [3.63, 3.8) is 0 Å². The van der Waals surface area contributed by atoms with E-state index >= 15 is 0 Å². The maximum Gasteiger partial charge on any atom is 0.264 e. The molecular formula is C16H20N2O3S. The molecule has 0 saturated heterocycles. The highest BCUT2D eigenvalue weighted by Crippen LogP contribution is 2.32. The Morgan fingerprint density at radius 2 is 1.82 bits per heavy atom. The smallest absolute Gasteiger partial charge is 0.264 e. The molecule has 0 aromatic heterocycles. The van der Waals surface area contributed by atoms with Gasteiger partial charge in [0.15, 0.2) is 0 Å². The first-order valence-corrected chi connectivity index (χ1v) is 8.96. The molecule has 5 nitrogen and oxygen atoms in total. The molecule has 0 radical (unpaired) electrons. The summed E-state index contributed by atoms with van der Waals surface area (Å²) in [4.78, 5) is 4.92. The van der Waals surface area contributed by atoms with Crippen molar-refractivity contribution in [1.29, 1.82) is 0 Å². The lowest BCUT2D eigenvalue weighted by molar-refractivity contribution is 0.415. The third-order valence-corrected chi connectivity index (χ3v) is 5.73. The molecule has 118 valence electrons. The summed E-state index contributed by atoms with van der Waals surface area (Å²) in [5, 5.41) is 0. The number of hydrogen-bond acceptors (Lipinski definition) is 4. The maximum absolute atomic E-state index is 12.4. The largest absolute Gasteiger partial charge is 0.497 e. The third kappa shape index (κ3) is 2.75. The van der Waals surface area contributed by atoms with Crippen molar-refractivity contribution in [1.82, 2.24) is 4.72 Å². The molecule has 1 aromatic rings. The molecule has 1 fully saturated rings. The van der Waals surface area contributed by atoms with Crippen LogP contribution in [0.2, 0.25) is 0 Å². The lowest BCUT2D eigenvalue weighted by Crippen LogP contribution is -2.24. The molecule has 22 heavy (non-hydrogen) atoms. The van der Waals surface area contributed by atoms with Crippen LogP contribution in [0.25, 0.3) is 4.91 Å². The minimum absolute atomic E-state index is 0.239. The molecule has 0 unspecified atom stereocenters. The highest BCUT2D eigenvalue weighted by Gasteiger charge is 2.33. The second-order valence-electron chi connectivity index (χ2n) is 5.70. The highest BCUT2D eigenvalue weighted by molar-refractivity contribution is 8.00. The Kier molecular flexibility index (Phi) is 3.95. The molecule has 0 atom stereocenters. The zero-order valence-electron chi connectivity index (χ0n) is 12.8. The number of aliphatic imine (C=N–C) groups is 1. The van der Waals surface area contributed by atoms with Gasteiger partial charge in [-0.2, -0.15) is 0 Å². The van der Waals surface area contributed by atoms with E-state index in [0.29, 0.717) is 27.6 Å². The summed E-state index contributed by atoms with van der Waals surface area (Å²) in [6, 6.07) is 7.28. The van der Waals surface area contributed by atoms with Crippen LogP contribution in [0.5, 0.6) is 5.75 Å². The first kappa shape index (κ1) is 15.1. The minimum Gasteiger partial charge on any atom is -0.497 e. The lowest BCUT2D eigenvalue weighted by Gasteiger charge is -2.05. The standard InChI is InChI=1S/C16H20N2O3S/c1-11-15(12-7-9-14(21-2)10-8-12)22(19,20)18-16(11)17-13-5-3-4-6-13/h7-10,13H,3-6H2,1-2H3,(H,17,18). The lowest BCUT2D eigenvalue weighted by atomic mass is 10.1. The fraction of sp³-hybridized carbons (Fsp3) is 0.438. The minimum atomic E-state index is -3.54. The normalized spacial score (nSPS) is 23.1. The number of nitrogens with one attached hydrogen (secondary N) is 1. The fourth-order valence-corrected chi connectivity index (χ4v) is 4.53. The molecule has 0 bridgehead atoms. The van der Waals surface area contributed by atoms with Crippen LogP contribution in [0.15, 0.2) is 34.8 Å². The number of nitrogens with zero attached hydrogens (tertiary/aromatic N) is 1. The van der Waals surface area contributed by atoms with Crippen LogP contribution in [-0.4, -0.2) is 27.4 Å². The van der Waals surface area contributed by atoms with Crippen LogP contribution >= 0.6 is 0 Å². The Morgan fingerprint density at radius 1 is 1.18 bits per heavy atom. The quantitative estimate of drug-likeness (QED) is 0.931. The summed E-state index contributed by atoms with van der Waals surface area (Å²) in [7, 11) is -1.96. The Morgan fingerprint density at radius 3 is 2.41 bits per heavy atom. The van der Waals surface area contributed by atoms with Crippen molar-refractivity contribution in [3.8, 4) is 5.75 Å². The summed E-state index contributed by atoms with van der Waals surface area (Å²) in [5.74, 6) is 1.20.